The minimum atomic E-state index is 0.544. The second kappa shape index (κ2) is 15.7. The number of aromatic amines is 2. The predicted octanol–water partition coefficient (Wildman–Crippen LogP) is 13.9. The molecule has 0 fully saturated rings. The number of benzene rings is 5. The van der Waals surface area contributed by atoms with E-state index < -0.39 is 0 Å². The Labute approximate surface area is 350 Å². The van der Waals surface area contributed by atoms with E-state index in [0.717, 1.165) is 102 Å². The summed E-state index contributed by atoms with van der Waals surface area (Å²) in [5.41, 5.74) is 20.5. The Morgan fingerprint density at radius 1 is 0.400 bits per heavy atom. The zero-order chi connectivity index (χ0) is 40.6. The lowest BCUT2D eigenvalue weighted by Gasteiger charge is -2.13. The van der Waals surface area contributed by atoms with Gasteiger partial charge in [-0.3, -0.25) is 0 Å². The molecule has 5 nitrogen and oxygen atoms in total. The monoisotopic (exact) mass is 776 g/mol. The van der Waals surface area contributed by atoms with Gasteiger partial charge in [-0.05, 0) is 97.7 Å². The number of H-pyrrole nitrogens is 2. The summed E-state index contributed by atoms with van der Waals surface area (Å²) in [6, 6.07) is 53.6. The van der Waals surface area contributed by atoms with E-state index in [1.807, 2.05) is 12.1 Å². The fourth-order valence-electron chi connectivity index (χ4n) is 8.28. The van der Waals surface area contributed by atoms with E-state index in [0.29, 0.717) is 6.61 Å². The Kier molecular flexibility index (Phi) is 9.63. The van der Waals surface area contributed by atoms with Gasteiger partial charge in [0.2, 0.25) is 0 Å². The Balaban J connectivity index is 1.30. The van der Waals surface area contributed by atoms with Crippen molar-refractivity contribution in [3.05, 3.63) is 197 Å². The second-order valence-corrected chi connectivity index (χ2v) is 15.7. The number of hydrogen-bond donors (Lipinski definition) is 2. The number of rotatable bonds is 8. The van der Waals surface area contributed by atoms with Crippen molar-refractivity contribution in [1.29, 1.82) is 0 Å². The van der Waals surface area contributed by atoms with Gasteiger partial charge in [0.25, 0.3) is 0 Å². The van der Waals surface area contributed by atoms with Crippen LogP contribution >= 0.6 is 0 Å². The van der Waals surface area contributed by atoms with Crippen LogP contribution < -0.4 is 4.74 Å². The zero-order valence-electron chi connectivity index (χ0n) is 34.0. The maximum atomic E-state index is 6.63. The molecule has 5 heteroatoms. The molecule has 5 aromatic carbocycles. The molecule has 0 unspecified atom stereocenters. The van der Waals surface area contributed by atoms with E-state index in [4.69, 9.17) is 14.7 Å². The average Bonchev–Trinajstić information content (AvgIpc) is 4.12. The summed E-state index contributed by atoms with van der Waals surface area (Å²) in [4.78, 5) is 18.7. The van der Waals surface area contributed by atoms with Gasteiger partial charge >= 0.3 is 0 Å². The minimum Gasteiger partial charge on any atom is -0.493 e. The van der Waals surface area contributed by atoms with Crippen molar-refractivity contribution < 1.29 is 4.74 Å². The van der Waals surface area contributed by atoms with Gasteiger partial charge in [0.05, 0.1) is 29.4 Å². The van der Waals surface area contributed by atoms with Gasteiger partial charge in [-0.1, -0.05) is 138 Å². The van der Waals surface area contributed by atoms with Crippen molar-refractivity contribution in [1.82, 2.24) is 19.9 Å². The molecule has 2 aliphatic rings. The molecule has 8 bridgehead atoms. The third kappa shape index (κ3) is 7.16. The van der Waals surface area contributed by atoms with Crippen molar-refractivity contribution in [3.8, 4) is 50.3 Å². The Morgan fingerprint density at radius 3 is 1.23 bits per heavy atom. The molecular formula is C55H44N4O. The SMILES string of the molecule is Cc1ccc(-c2c3nc(c(-c4ccc(C)cc4)c4ccc([nH]4)c(-c4ccccc4OCCc4ccccc4)c4nc(c(-c5ccc(C)cc5)c5ccc2[nH]5)C=C4)C=C3)cc1. The molecule has 60 heavy (non-hydrogen) atoms. The van der Waals surface area contributed by atoms with Crippen LogP contribution in [0.5, 0.6) is 5.75 Å². The lowest BCUT2D eigenvalue weighted by atomic mass is 10.0. The standard InChI is InChI=1S/C55H44N4O/c1-35-13-19-39(20-14-35)52-43-25-27-45(56-43)53(40-21-15-36(2)16-22-40)47-29-31-49(58-47)55(42-11-7-8-12-51(42)60-34-33-38-9-5-4-6-10-38)50-32-30-48(59-50)54(46-28-26-44(52)57-46)41-23-17-37(3)18-24-41/h4-32,56,59H,33-34H2,1-3H3. The maximum absolute atomic E-state index is 6.63. The molecule has 0 saturated heterocycles. The van der Waals surface area contributed by atoms with Gasteiger partial charge in [-0.25, -0.2) is 9.97 Å². The van der Waals surface area contributed by atoms with Crippen molar-refractivity contribution in [2.24, 2.45) is 0 Å². The summed E-state index contributed by atoms with van der Waals surface area (Å²) in [5, 5.41) is 0. The van der Waals surface area contributed by atoms with E-state index in [-0.39, 0.29) is 0 Å². The number of nitrogens with zero attached hydrogens (tertiary/aromatic N) is 2. The summed E-state index contributed by atoms with van der Waals surface area (Å²) in [6.07, 6.45) is 9.38. The Morgan fingerprint density at radius 2 is 0.783 bits per heavy atom. The largest absolute Gasteiger partial charge is 0.493 e. The summed E-state index contributed by atoms with van der Waals surface area (Å²) in [7, 11) is 0. The van der Waals surface area contributed by atoms with Crippen molar-refractivity contribution >= 4 is 46.4 Å². The highest BCUT2D eigenvalue weighted by Gasteiger charge is 2.20. The van der Waals surface area contributed by atoms with Crippen LogP contribution in [-0.2, 0) is 6.42 Å². The van der Waals surface area contributed by atoms with E-state index in [1.54, 1.807) is 0 Å². The number of aryl methyl sites for hydroxylation is 3. The first-order chi connectivity index (χ1) is 29.4. The molecular weight excluding hydrogens is 733 g/mol. The van der Waals surface area contributed by atoms with Gasteiger partial charge in [0, 0.05) is 56.3 Å². The minimum absolute atomic E-state index is 0.544. The smallest absolute Gasteiger partial charge is 0.127 e. The molecule has 0 aliphatic carbocycles. The number of hydrogen-bond acceptors (Lipinski definition) is 3. The molecule has 0 saturated carbocycles. The molecule has 5 heterocycles. The van der Waals surface area contributed by atoms with Crippen LogP contribution in [-0.4, -0.2) is 26.5 Å². The van der Waals surface area contributed by atoms with Crippen LogP contribution in [0.25, 0.3) is 90.9 Å². The highest BCUT2D eigenvalue weighted by Crippen LogP contribution is 2.40. The fraction of sp³-hybridized carbons (Fsp3) is 0.0909. The Hall–Kier alpha value is -7.50. The number of ether oxygens (including phenoxy) is 1. The first-order valence-electron chi connectivity index (χ1n) is 20.6. The summed E-state index contributed by atoms with van der Waals surface area (Å²) >= 11 is 0. The fourth-order valence-corrected chi connectivity index (χ4v) is 8.28. The average molecular weight is 777 g/mol. The number of fused-ring (bicyclic) bond motifs is 8. The second-order valence-electron chi connectivity index (χ2n) is 15.7. The molecule has 2 N–H and O–H groups in total. The summed E-state index contributed by atoms with van der Waals surface area (Å²) in [5.74, 6) is 0.805. The van der Waals surface area contributed by atoms with Crippen LogP contribution in [0.2, 0.25) is 0 Å². The molecule has 290 valence electrons. The highest BCUT2D eigenvalue weighted by molar-refractivity contribution is 6.00. The molecule has 0 spiro atoms. The van der Waals surface area contributed by atoms with Crippen molar-refractivity contribution in [2.75, 3.05) is 6.61 Å². The van der Waals surface area contributed by atoms with Gasteiger partial charge < -0.3 is 14.7 Å². The van der Waals surface area contributed by atoms with E-state index in [9.17, 15) is 0 Å². The molecule has 0 atom stereocenters. The molecule has 2 aliphatic heterocycles. The van der Waals surface area contributed by atoms with Crippen LogP contribution in [0.3, 0.4) is 0 Å². The van der Waals surface area contributed by atoms with Gasteiger partial charge in [-0.2, -0.15) is 0 Å². The summed E-state index contributed by atoms with van der Waals surface area (Å²) < 4.78 is 6.63. The van der Waals surface area contributed by atoms with E-state index in [1.165, 1.54) is 22.3 Å². The third-order valence-electron chi connectivity index (χ3n) is 11.4. The number of nitrogens with one attached hydrogen (secondary N) is 2. The quantitative estimate of drug-likeness (QED) is 0.161. The van der Waals surface area contributed by atoms with Crippen molar-refractivity contribution in [2.45, 2.75) is 27.2 Å². The van der Waals surface area contributed by atoms with Crippen LogP contribution in [0, 0.1) is 20.8 Å². The van der Waals surface area contributed by atoms with Gasteiger partial charge in [-0.15, -0.1) is 0 Å². The molecule has 0 amide bonds. The van der Waals surface area contributed by atoms with Crippen LogP contribution in [0.15, 0.2) is 152 Å². The lowest BCUT2D eigenvalue weighted by Crippen LogP contribution is -2.02. The van der Waals surface area contributed by atoms with E-state index >= 15 is 0 Å². The molecule has 0 radical (unpaired) electrons. The molecule has 10 rings (SSSR count). The Bertz CT molecular complexity index is 3070. The van der Waals surface area contributed by atoms with Crippen LogP contribution in [0.4, 0.5) is 0 Å². The number of aromatic nitrogens is 4. The highest BCUT2D eigenvalue weighted by atomic mass is 16.5. The maximum Gasteiger partial charge on any atom is 0.127 e. The number of para-hydroxylation sites is 1. The summed E-state index contributed by atoms with van der Waals surface area (Å²) in [6.45, 7) is 6.91. The van der Waals surface area contributed by atoms with E-state index in [2.05, 4.69) is 195 Å². The van der Waals surface area contributed by atoms with Crippen LogP contribution in [0.1, 0.15) is 45.0 Å². The predicted molar refractivity (Wildman–Crippen MR) is 250 cm³/mol. The van der Waals surface area contributed by atoms with Crippen molar-refractivity contribution in [3.63, 3.8) is 0 Å². The van der Waals surface area contributed by atoms with Gasteiger partial charge in [0.15, 0.2) is 0 Å². The third-order valence-corrected chi connectivity index (χ3v) is 11.4. The first kappa shape index (κ1) is 36.8. The molecule has 8 aromatic rings. The topological polar surface area (TPSA) is 66.6 Å². The lowest BCUT2D eigenvalue weighted by molar-refractivity contribution is 0.323. The molecule has 3 aromatic heterocycles. The normalized spacial score (nSPS) is 11.9. The van der Waals surface area contributed by atoms with Gasteiger partial charge in [0.1, 0.15) is 5.75 Å². The first-order valence-corrected chi connectivity index (χ1v) is 20.6. The zero-order valence-corrected chi connectivity index (χ0v) is 34.0.